The zero-order chi connectivity index (χ0) is 19.3. The number of carbonyl (C=O) groups is 1. The first-order valence-electron chi connectivity index (χ1n) is 9.42. The fourth-order valence-electron chi connectivity index (χ4n) is 3.52. The third-order valence-corrected chi connectivity index (χ3v) is 6.17. The number of fused-ring (bicyclic) bond motifs is 2. The van der Waals surface area contributed by atoms with E-state index in [-0.39, 0.29) is 17.2 Å². The predicted molar refractivity (Wildman–Crippen MR) is 101 cm³/mol. The summed E-state index contributed by atoms with van der Waals surface area (Å²) in [6.07, 6.45) is 4.23. The van der Waals surface area contributed by atoms with Gasteiger partial charge in [-0.15, -0.1) is 0 Å². The molecule has 3 aromatic heterocycles. The molecule has 146 valence electrons. The lowest BCUT2D eigenvalue weighted by Gasteiger charge is -2.25. The SMILES string of the molecule is Cc1cc(=O)n2[nH]c(SCC(=O)N3CCc4oc(C5CCC5)nc4C3)nc2n1. The van der Waals surface area contributed by atoms with Crippen molar-refractivity contribution in [2.24, 2.45) is 0 Å². The van der Waals surface area contributed by atoms with E-state index in [0.29, 0.717) is 42.1 Å². The topological polar surface area (TPSA) is 109 Å². The highest BCUT2D eigenvalue weighted by Gasteiger charge is 2.30. The summed E-state index contributed by atoms with van der Waals surface area (Å²) in [5.74, 6) is 2.79. The minimum absolute atomic E-state index is 0.0146. The molecule has 2 aliphatic rings. The number of aromatic amines is 1. The van der Waals surface area contributed by atoms with Crippen LogP contribution in [0.2, 0.25) is 0 Å². The van der Waals surface area contributed by atoms with Gasteiger partial charge in [0.05, 0.1) is 12.3 Å². The molecule has 1 aliphatic heterocycles. The third-order valence-electron chi connectivity index (χ3n) is 5.32. The van der Waals surface area contributed by atoms with E-state index in [4.69, 9.17) is 4.42 Å². The van der Waals surface area contributed by atoms with Crippen LogP contribution < -0.4 is 5.56 Å². The number of hydrogen-bond acceptors (Lipinski definition) is 7. The summed E-state index contributed by atoms with van der Waals surface area (Å²) in [7, 11) is 0. The van der Waals surface area contributed by atoms with E-state index < -0.39 is 0 Å². The normalized spacial score (nSPS) is 17.0. The van der Waals surface area contributed by atoms with E-state index >= 15 is 0 Å². The van der Waals surface area contributed by atoms with Crippen molar-refractivity contribution in [1.29, 1.82) is 0 Å². The van der Waals surface area contributed by atoms with Gasteiger partial charge < -0.3 is 9.32 Å². The van der Waals surface area contributed by atoms with Gasteiger partial charge in [-0.2, -0.15) is 9.50 Å². The van der Waals surface area contributed by atoms with Crippen molar-refractivity contribution in [2.75, 3.05) is 12.3 Å². The average Bonchev–Trinajstić information content (AvgIpc) is 3.21. The molecule has 0 saturated heterocycles. The molecular formula is C18H20N6O3S. The van der Waals surface area contributed by atoms with Crippen LogP contribution in [0.3, 0.4) is 0 Å². The van der Waals surface area contributed by atoms with Gasteiger partial charge >= 0.3 is 0 Å². The summed E-state index contributed by atoms with van der Waals surface area (Å²) >= 11 is 1.27. The van der Waals surface area contributed by atoms with Gasteiger partial charge in [-0.25, -0.2) is 9.97 Å². The highest BCUT2D eigenvalue weighted by molar-refractivity contribution is 7.99. The summed E-state index contributed by atoms with van der Waals surface area (Å²) < 4.78 is 7.20. The summed E-state index contributed by atoms with van der Waals surface area (Å²) in [5, 5.41) is 3.38. The molecule has 0 unspecified atom stereocenters. The van der Waals surface area contributed by atoms with Crippen molar-refractivity contribution in [3.05, 3.63) is 39.5 Å². The number of thioether (sulfide) groups is 1. The first-order chi connectivity index (χ1) is 13.6. The van der Waals surface area contributed by atoms with Crippen molar-refractivity contribution in [3.8, 4) is 0 Å². The predicted octanol–water partition coefficient (Wildman–Crippen LogP) is 1.66. The molecule has 5 rings (SSSR count). The Kier molecular flexibility index (Phi) is 4.22. The van der Waals surface area contributed by atoms with Crippen molar-refractivity contribution in [2.45, 2.75) is 50.2 Å². The van der Waals surface area contributed by atoms with Crippen LogP contribution in [-0.2, 0) is 17.8 Å². The summed E-state index contributed by atoms with van der Waals surface area (Å²) in [6.45, 7) is 2.87. The van der Waals surface area contributed by atoms with E-state index in [1.807, 2.05) is 0 Å². The fraction of sp³-hybridized carbons (Fsp3) is 0.500. The average molecular weight is 400 g/mol. The molecule has 1 N–H and O–H groups in total. The van der Waals surface area contributed by atoms with Crippen LogP contribution in [-0.4, -0.2) is 47.7 Å². The Bertz CT molecular complexity index is 1110. The number of carbonyl (C=O) groups excluding carboxylic acids is 1. The zero-order valence-corrected chi connectivity index (χ0v) is 16.3. The highest BCUT2D eigenvalue weighted by Crippen LogP contribution is 2.37. The molecular weight excluding hydrogens is 380 g/mol. The first kappa shape index (κ1) is 17.5. The van der Waals surface area contributed by atoms with Crippen molar-refractivity contribution >= 4 is 23.4 Å². The zero-order valence-electron chi connectivity index (χ0n) is 15.5. The molecule has 0 spiro atoms. The van der Waals surface area contributed by atoms with Crippen molar-refractivity contribution in [1.82, 2.24) is 29.5 Å². The molecule has 4 heterocycles. The van der Waals surface area contributed by atoms with E-state index in [0.717, 1.165) is 30.2 Å². The van der Waals surface area contributed by atoms with Gasteiger partial charge in [0.2, 0.25) is 5.91 Å². The monoisotopic (exact) mass is 400 g/mol. The van der Waals surface area contributed by atoms with Gasteiger partial charge in [0.1, 0.15) is 11.5 Å². The second kappa shape index (κ2) is 6.77. The maximum atomic E-state index is 12.6. The van der Waals surface area contributed by atoms with Crippen LogP contribution in [0.25, 0.3) is 5.78 Å². The largest absolute Gasteiger partial charge is 0.445 e. The van der Waals surface area contributed by atoms with E-state index in [2.05, 4.69) is 20.1 Å². The Balaban J connectivity index is 1.24. The minimum atomic E-state index is -0.218. The number of nitrogens with one attached hydrogen (secondary N) is 1. The highest BCUT2D eigenvalue weighted by atomic mass is 32.2. The van der Waals surface area contributed by atoms with E-state index in [1.165, 1.54) is 28.8 Å². The maximum absolute atomic E-state index is 12.6. The number of aryl methyl sites for hydroxylation is 1. The summed E-state index contributed by atoms with van der Waals surface area (Å²) in [4.78, 5) is 39.5. The molecule has 0 bridgehead atoms. The number of H-pyrrole nitrogens is 1. The van der Waals surface area contributed by atoms with Crippen molar-refractivity contribution < 1.29 is 9.21 Å². The van der Waals surface area contributed by atoms with E-state index in [1.54, 1.807) is 11.8 Å². The lowest BCUT2D eigenvalue weighted by atomic mass is 9.85. The molecule has 28 heavy (non-hydrogen) atoms. The van der Waals surface area contributed by atoms with Gasteiger partial charge in [-0.3, -0.25) is 14.7 Å². The van der Waals surface area contributed by atoms with Gasteiger partial charge in [0.25, 0.3) is 11.3 Å². The summed E-state index contributed by atoms with van der Waals surface area (Å²) in [6, 6.07) is 1.44. The third kappa shape index (κ3) is 3.11. The Morgan fingerprint density at radius 3 is 3.00 bits per heavy atom. The molecule has 1 aliphatic carbocycles. The standard InChI is InChI=1S/C18H20N6O3S/c1-10-7-14(25)24-17(19-10)21-18(22-24)28-9-15(26)23-6-5-13-12(8-23)20-16(27-13)11-3-2-4-11/h7,11H,2-6,8-9H2,1H3,(H,19,21,22). The smallest absolute Gasteiger partial charge is 0.274 e. The van der Waals surface area contributed by atoms with Gasteiger partial charge in [0.15, 0.2) is 11.0 Å². The van der Waals surface area contributed by atoms with Crippen LogP contribution in [0.5, 0.6) is 0 Å². The molecule has 0 aromatic carbocycles. The molecule has 0 atom stereocenters. The summed E-state index contributed by atoms with van der Waals surface area (Å²) in [5.41, 5.74) is 1.29. The molecule has 1 amide bonds. The quantitative estimate of drug-likeness (QED) is 0.663. The lowest BCUT2D eigenvalue weighted by molar-refractivity contribution is -0.129. The number of rotatable bonds is 4. The Morgan fingerprint density at radius 2 is 2.21 bits per heavy atom. The molecule has 9 nitrogen and oxygen atoms in total. The lowest BCUT2D eigenvalue weighted by Crippen LogP contribution is -2.36. The molecule has 3 aromatic rings. The van der Waals surface area contributed by atoms with Crippen LogP contribution in [0.15, 0.2) is 20.4 Å². The van der Waals surface area contributed by atoms with Crippen molar-refractivity contribution in [3.63, 3.8) is 0 Å². The number of hydrogen-bond donors (Lipinski definition) is 1. The Hall–Kier alpha value is -2.62. The van der Waals surface area contributed by atoms with Crippen LogP contribution in [0.4, 0.5) is 0 Å². The second-order valence-corrected chi connectivity index (χ2v) is 8.27. The van der Waals surface area contributed by atoms with Gasteiger partial charge in [-0.05, 0) is 19.8 Å². The number of aromatic nitrogens is 5. The Labute approximate surface area is 164 Å². The maximum Gasteiger partial charge on any atom is 0.274 e. The fourth-order valence-corrected chi connectivity index (χ4v) is 4.27. The number of nitrogens with zero attached hydrogens (tertiary/aromatic N) is 5. The molecule has 10 heteroatoms. The molecule has 0 radical (unpaired) electrons. The minimum Gasteiger partial charge on any atom is -0.445 e. The van der Waals surface area contributed by atoms with E-state index in [9.17, 15) is 9.59 Å². The number of oxazole rings is 1. The first-order valence-corrected chi connectivity index (χ1v) is 10.4. The van der Waals surface area contributed by atoms with Crippen LogP contribution in [0, 0.1) is 6.92 Å². The Morgan fingerprint density at radius 1 is 1.36 bits per heavy atom. The van der Waals surface area contributed by atoms with Gasteiger partial charge in [0, 0.05) is 30.6 Å². The number of amides is 1. The second-order valence-electron chi connectivity index (χ2n) is 7.30. The van der Waals surface area contributed by atoms with Gasteiger partial charge in [-0.1, -0.05) is 18.2 Å². The van der Waals surface area contributed by atoms with Crippen LogP contribution >= 0.6 is 11.8 Å². The van der Waals surface area contributed by atoms with Crippen LogP contribution in [0.1, 0.15) is 48.2 Å². The molecule has 1 saturated carbocycles. The molecule has 1 fully saturated rings.